The molecular formula is C9H9Br2N3S. The lowest BCUT2D eigenvalue weighted by Crippen LogP contribution is -2.03. The van der Waals surface area contributed by atoms with Gasteiger partial charge >= 0.3 is 0 Å². The lowest BCUT2D eigenvalue weighted by molar-refractivity contribution is 0.601. The van der Waals surface area contributed by atoms with Gasteiger partial charge in [0.05, 0.1) is 11.2 Å². The Labute approximate surface area is 109 Å². The summed E-state index contributed by atoms with van der Waals surface area (Å²) in [5.41, 5.74) is 3.01. The number of thiazole rings is 1. The standard InChI is InChI=1S/C9H9Br2N3S/c1-6-7(15-5-12-6)2-3-14-9(11)4-8(10)13-14/h4-5H,2-3H2,1H3. The van der Waals surface area contributed by atoms with Crippen molar-refractivity contribution in [2.45, 2.75) is 19.9 Å². The molecule has 2 aromatic rings. The van der Waals surface area contributed by atoms with Crippen LogP contribution in [0.1, 0.15) is 10.6 Å². The number of nitrogens with zero attached hydrogens (tertiary/aromatic N) is 3. The third kappa shape index (κ3) is 2.68. The molecule has 80 valence electrons. The molecule has 2 heterocycles. The maximum absolute atomic E-state index is 4.31. The topological polar surface area (TPSA) is 30.7 Å². The fourth-order valence-electron chi connectivity index (χ4n) is 1.30. The molecule has 15 heavy (non-hydrogen) atoms. The molecule has 0 spiro atoms. The molecule has 0 unspecified atom stereocenters. The zero-order chi connectivity index (χ0) is 10.8. The molecule has 0 saturated carbocycles. The first-order valence-electron chi connectivity index (χ1n) is 4.44. The Hall–Kier alpha value is -0.200. The van der Waals surface area contributed by atoms with Gasteiger partial charge in [0, 0.05) is 23.9 Å². The highest BCUT2D eigenvalue weighted by Gasteiger charge is 2.05. The quantitative estimate of drug-likeness (QED) is 0.849. The number of hydrogen-bond donors (Lipinski definition) is 0. The van der Waals surface area contributed by atoms with Gasteiger partial charge in [-0.3, -0.25) is 4.68 Å². The summed E-state index contributed by atoms with van der Waals surface area (Å²) in [6.07, 6.45) is 0.975. The fourth-order valence-corrected chi connectivity index (χ4v) is 3.25. The summed E-state index contributed by atoms with van der Waals surface area (Å²) in [6, 6.07) is 1.94. The van der Waals surface area contributed by atoms with Crippen molar-refractivity contribution in [3.05, 3.63) is 31.4 Å². The minimum Gasteiger partial charge on any atom is -0.257 e. The molecule has 2 aromatic heterocycles. The molecule has 0 fully saturated rings. The molecular weight excluding hydrogens is 342 g/mol. The SMILES string of the molecule is Cc1ncsc1CCn1nc(Br)cc1Br. The van der Waals surface area contributed by atoms with E-state index in [1.807, 2.05) is 23.2 Å². The average molecular weight is 351 g/mol. The molecule has 0 atom stereocenters. The van der Waals surface area contributed by atoms with Crippen LogP contribution in [-0.4, -0.2) is 14.8 Å². The van der Waals surface area contributed by atoms with E-state index in [0.29, 0.717) is 0 Å². The minimum atomic E-state index is 0.857. The van der Waals surface area contributed by atoms with E-state index < -0.39 is 0 Å². The summed E-state index contributed by atoms with van der Waals surface area (Å²) in [5, 5.41) is 4.31. The van der Waals surface area contributed by atoms with Gasteiger partial charge in [0.1, 0.15) is 9.21 Å². The van der Waals surface area contributed by atoms with Crippen molar-refractivity contribution >= 4 is 43.2 Å². The molecule has 0 aliphatic rings. The molecule has 0 bridgehead atoms. The molecule has 2 rings (SSSR count). The molecule has 0 N–H and O–H groups in total. The summed E-state index contributed by atoms with van der Waals surface area (Å²) in [7, 11) is 0. The van der Waals surface area contributed by atoms with Crippen LogP contribution in [0.15, 0.2) is 20.8 Å². The number of aromatic nitrogens is 3. The molecule has 0 amide bonds. The van der Waals surface area contributed by atoms with Gasteiger partial charge in [-0.25, -0.2) is 4.98 Å². The van der Waals surface area contributed by atoms with Gasteiger partial charge in [-0.2, -0.15) is 5.10 Å². The van der Waals surface area contributed by atoms with Crippen molar-refractivity contribution in [3.8, 4) is 0 Å². The van der Waals surface area contributed by atoms with E-state index in [9.17, 15) is 0 Å². The van der Waals surface area contributed by atoms with E-state index in [0.717, 1.165) is 27.9 Å². The predicted octanol–water partition coefficient (Wildman–Crippen LogP) is 3.42. The van der Waals surface area contributed by atoms with Crippen LogP contribution in [0, 0.1) is 6.92 Å². The molecule has 0 aromatic carbocycles. The largest absolute Gasteiger partial charge is 0.257 e. The Balaban J connectivity index is 2.05. The highest BCUT2D eigenvalue weighted by atomic mass is 79.9. The summed E-state index contributed by atoms with van der Waals surface area (Å²) >= 11 is 8.50. The second-order valence-electron chi connectivity index (χ2n) is 3.12. The van der Waals surface area contributed by atoms with Crippen LogP contribution in [0.25, 0.3) is 0 Å². The van der Waals surface area contributed by atoms with Crippen molar-refractivity contribution in [2.24, 2.45) is 0 Å². The van der Waals surface area contributed by atoms with Crippen molar-refractivity contribution in [3.63, 3.8) is 0 Å². The monoisotopic (exact) mass is 349 g/mol. The second-order valence-corrected chi connectivity index (χ2v) is 5.69. The third-order valence-corrected chi connectivity index (χ3v) is 4.12. The highest BCUT2D eigenvalue weighted by Crippen LogP contribution is 2.18. The van der Waals surface area contributed by atoms with Crippen molar-refractivity contribution in [1.29, 1.82) is 0 Å². The average Bonchev–Trinajstić information content (AvgIpc) is 2.70. The number of halogens is 2. The zero-order valence-corrected chi connectivity index (χ0v) is 12.1. The Kier molecular flexibility index (Phi) is 3.58. The first kappa shape index (κ1) is 11.3. The normalized spacial score (nSPS) is 10.9. The predicted molar refractivity (Wildman–Crippen MR) is 68.2 cm³/mol. The summed E-state index contributed by atoms with van der Waals surface area (Å²) < 4.78 is 3.79. The minimum absolute atomic E-state index is 0.857. The maximum Gasteiger partial charge on any atom is 0.129 e. The van der Waals surface area contributed by atoms with Crippen LogP contribution in [0.3, 0.4) is 0 Å². The number of rotatable bonds is 3. The van der Waals surface area contributed by atoms with E-state index in [4.69, 9.17) is 0 Å². The second kappa shape index (κ2) is 4.76. The van der Waals surface area contributed by atoms with E-state index in [2.05, 4.69) is 41.9 Å². The van der Waals surface area contributed by atoms with Crippen molar-refractivity contribution in [1.82, 2.24) is 14.8 Å². The maximum atomic E-state index is 4.31. The number of aryl methyl sites for hydroxylation is 3. The highest BCUT2D eigenvalue weighted by molar-refractivity contribution is 9.11. The first-order valence-corrected chi connectivity index (χ1v) is 6.91. The summed E-state index contributed by atoms with van der Waals surface area (Å²) in [4.78, 5) is 5.55. The smallest absolute Gasteiger partial charge is 0.129 e. The lowest BCUT2D eigenvalue weighted by Gasteiger charge is -2.01. The molecule has 6 heteroatoms. The van der Waals surface area contributed by atoms with Crippen LogP contribution in [-0.2, 0) is 13.0 Å². The van der Waals surface area contributed by atoms with Crippen molar-refractivity contribution < 1.29 is 0 Å². The molecule has 3 nitrogen and oxygen atoms in total. The molecule has 0 radical (unpaired) electrons. The first-order chi connectivity index (χ1) is 7.16. The summed E-state index contributed by atoms with van der Waals surface area (Å²) in [5.74, 6) is 0. The Bertz CT molecular complexity index is 464. The molecule has 0 aliphatic heterocycles. The fraction of sp³-hybridized carbons (Fsp3) is 0.333. The van der Waals surface area contributed by atoms with E-state index >= 15 is 0 Å². The van der Waals surface area contributed by atoms with Crippen LogP contribution in [0.5, 0.6) is 0 Å². The van der Waals surface area contributed by atoms with Gasteiger partial charge in [-0.05, 0) is 38.8 Å². The molecule has 0 aliphatic carbocycles. The number of hydrogen-bond acceptors (Lipinski definition) is 3. The van der Waals surface area contributed by atoms with E-state index in [-0.39, 0.29) is 0 Å². The van der Waals surface area contributed by atoms with Gasteiger partial charge in [-0.1, -0.05) is 0 Å². The van der Waals surface area contributed by atoms with Gasteiger partial charge < -0.3 is 0 Å². The van der Waals surface area contributed by atoms with Crippen LogP contribution >= 0.6 is 43.2 Å². The third-order valence-electron chi connectivity index (χ3n) is 2.10. The van der Waals surface area contributed by atoms with Gasteiger partial charge in [0.25, 0.3) is 0 Å². The van der Waals surface area contributed by atoms with Gasteiger partial charge in [0.2, 0.25) is 0 Å². The van der Waals surface area contributed by atoms with Crippen LogP contribution in [0.2, 0.25) is 0 Å². The summed E-state index contributed by atoms with van der Waals surface area (Å²) in [6.45, 7) is 2.91. The van der Waals surface area contributed by atoms with Crippen LogP contribution < -0.4 is 0 Å². The van der Waals surface area contributed by atoms with Crippen molar-refractivity contribution in [2.75, 3.05) is 0 Å². The lowest BCUT2D eigenvalue weighted by atomic mass is 10.3. The van der Waals surface area contributed by atoms with E-state index in [1.165, 1.54) is 4.88 Å². The van der Waals surface area contributed by atoms with Crippen LogP contribution in [0.4, 0.5) is 0 Å². The molecule has 0 saturated heterocycles. The van der Waals surface area contributed by atoms with E-state index in [1.54, 1.807) is 11.3 Å². The Morgan fingerprint density at radius 2 is 2.27 bits per heavy atom. The Morgan fingerprint density at radius 3 is 2.80 bits per heavy atom. The zero-order valence-electron chi connectivity index (χ0n) is 8.07. The Morgan fingerprint density at radius 1 is 1.47 bits per heavy atom. The van der Waals surface area contributed by atoms with Gasteiger partial charge in [-0.15, -0.1) is 11.3 Å². The van der Waals surface area contributed by atoms with Gasteiger partial charge in [0.15, 0.2) is 0 Å².